The van der Waals surface area contributed by atoms with Crippen molar-refractivity contribution in [1.82, 2.24) is 0 Å². The van der Waals surface area contributed by atoms with Crippen molar-refractivity contribution in [3.05, 3.63) is 0 Å². The maximum absolute atomic E-state index is 0. The SMILES string of the molecule is [CaH2].[Ga].[Gd].[MgH2].[Zr]. The van der Waals surface area contributed by atoms with Crippen LogP contribution in [0.5, 0.6) is 0 Å². The number of hydrogen-bond donors (Lipinski definition) is 0. The van der Waals surface area contributed by atoms with E-state index in [1.807, 2.05) is 0 Å². The van der Waals surface area contributed by atoms with E-state index in [2.05, 4.69) is 0 Å². The Kier molecular flexibility index (Phi) is 152. The Morgan fingerprint density at radius 3 is 1.00 bits per heavy atom. The van der Waals surface area contributed by atoms with Crippen LogP contribution in [-0.4, -0.2) is 80.6 Å². The van der Waals surface area contributed by atoms with E-state index in [4.69, 9.17) is 0 Å². The van der Waals surface area contributed by atoms with Crippen molar-refractivity contribution in [2.75, 3.05) is 0 Å². The van der Waals surface area contributed by atoms with E-state index in [0.717, 1.165) is 0 Å². The van der Waals surface area contributed by atoms with Gasteiger partial charge < -0.3 is 0 Å². The van der Waals surface area contributed by atoms with Gasteiger partial charge in [0.15, 0.2) is 0 Å². The molecular formula is H4CaGaGdMgZr. The van der Waals surface area contributed by atoms with E-state index in [1.54, 1.807) is 0 Å². The van der Waals surface area contributed by atoms with Gasteiger partial charge in [-0.2, -0.15) is 0 Å². The fraction of sp³-hybridized carbons (Fsp3) is 0. The van der Waals surface area contributed by atoms with Crippen molar-refractivity contribution in [1.29, 1.82) is 0 Å². The summed E-state index contributed by atoms with van der Waals surface area (Å²) in [5.74, 6) is 0. The van der Waals surface area contributed by atoms with Crippen molar-refractivity contribution in [2.45, 2.75) is 0 Å². The minimum absolute atomic E-state index is 0. The molecule has 0 aliphatic heterocycles. The second-order valence-corrected chi connectivity index (χ2v) is 0. The summed E-state index contributed by atoms with van der Waals surface area (Å²) in [5, 5.41) is 0. The number of hydrogen-bond acceptors (Lipinski definition) is 0. The van der Waals surface area contributed by atoms with Crippen LogP contribution in [0.1, 0.15) is 0 Å². The minimum atomic E-state index is 0. The maximum Gasteiger partial charge on any atom is 0.316 e. The van der Waals surface area contributed by atoms with Crippen LogP contribution < -0.4 is 0 Å². The fourth-order valence-corrected chi connectivity index (χ4v) is 0. The summed E-state index contributed by atoms with van der Waals surface area (Å²) in [6.07, 6.45) is 0. The van der Waals surface area contributed by atoms with Gasteiger partial charge in [-0.25, -0.2) is 0 Å². The summed E-state index contributed by atoms with van der Waals surface area (Å²) in [7, 11) is 0. The van der Waals surface area contributed by atoms with Crippen LogP contribution in [-0.2, 0) is 26.2 Å². The Morgan fingerprint density at radius 1 is 1.00 bits per heavy atom. The molecule has 0 heterocycles. The predicted octanol–water partition coefficient (Wildman–Crippen LogP) is -2.22. The van der Waals surface area contributed by atoms with Crippen molar-refractivity contribution in [2.24, 2.45) is 0 Å². The van der Waals surface area contributed by atoms with Crippen molar-refractivity contribution < 1.29 is 66.1 Å². The van der Waals surface area contributed by atoms with Gasteiger partial charge >= 0.3 is 60.8 Å². The molecule has 0 nitrogen and oxygen atoms in total. The molecular weight excluding hydrogens is 383 g/mol. The molecule has 0 aromatic rings. The molecule has 0 aliphatic carbocycles. The topological polar surface area (TPSA) is 0 Å². The summed E-state index contributed by atoms with van der Waals surface area (Å²) in [6.45, 7) is 0. The molecule has 0 amide bonds. The zero-order valence-corrected chi connectivity index (χ0v) is 8.58. The predicted molar refractivity (Wildman–Crippen MR) is 22.8 cm³/mol. The Bertz CT molecular complexity index is 11.6. The molecule has 0 aromatic heterocycles. The molecule has 0 unspecified atom stereocenters. The molecule has 3 radical (unpaired) electrons. The molecule has 0 aliphatic rings. The van der Waals surface area contributed by atoms with E-state index in [-0.39, 0.29) is 147 Å². The first-order valence-corrected chi connectivity index (χ1v) is 0. The van der Waals surface area contributed by atoms with Gasteiger partial charge in [-0.3, -0.25) is 0 Å². The van der Waals surface area contributed by atoms with E-state index in [1.165, 1.54) is 0 Å². The third-order valence-corrected chi connectivity index (χ3v) is 0. The first kappa shape index (κ1) is 32.7. The summed E-state index contributed by atoms with van der Waals surface area (Å²) in [4.78, 5) is 0. The van der Waals surface area contributed by atoms with Crippen LogP contribution >= 0.6 is 0 Å². The Labute approximate surface area is 142 Å². The van der Waals surface area contributed by atoms with Gasteiger partial charge in [0.1, 0.15) is 0 Å². The molecule has 0 rings (SSSR count). The smallest absolute Gasteiger partial charge is 0 e. The Morgan fingerprint density at radius 2 is 1.00 bits per heavy atom. The summed E-state index contributed by atoms with van der Waals surface area (Å²) < 4.78 is 0. The van der Waals surface area contributed by atoms with Gasteiger partial charge in [-0.15, -0.1) is 0 Å². The van der Waals surface area contributed by atoms with E-state index < -0.39 is 0 Å². The monoisotopic (exact) mass is 385 g/mol. The average molecular weight is 387 g/mol. The van der Waals surface area contributed by atoms with Crippen molar-refractivity contribution in [3.8, 4) is 0 Å². The Balaban J connectivity index is 0. The van der Waals surface area contributed by atoms with Crippen molar-refractivity contribution >= 4 is 80.6 Å². The second kappa shape index (κ2) is 23.2. The van der Waals surface area contributed by atoms with Crippen LogP contribution in [0.25, 0.3) is 0 Å². The van der Waals surface area contributed by atoms with Crippen LogP contribution in [0.2, 0.25) is 0 Å². The van der Waals surface area contributed by atoms with Crippen molar-refractivity contribution in [3.63, 3.8) is 0 Å². The molecule has 0 bridgehead atoms. The minimum Gasteiger partial charge on any atom is 0 e. The molecule has 5 heavy (non-hydrogen) atoms. The molecule has 0 saturated carbocycles. The van der Waals surface area contributed by atoms with E-state index >= 15 is 0 Å². The van der Waals surface area contributed by atoms with Gasteiger partial charge in [-0.1, -0.05) is 0 Å². The molecule has 0 atom stereocenters. The van der Waals surface area contributed by atoms with Gasteiger partial charge in [0, 0.05) is 85.9 Å². The zero-order valence-electron chi connectivity index (χ0n) is 1.43. The standard InChI is InChI=1S/Ca.Ga.Gd.Mg.Zr.4H. The fourth-order valence-electron chi connectivity index (χ4n) is 0. The first-order valence-electron chi connectivity index (χ1n) is 0. The molecule has 5 heteroatoms. The van der Waals surface area contributed by atoms with Gasteiger partial charge in [-0.05, 0) is 0 Å². The first-order chi connectivity index (χ1) is 0. The molecule has 0 spiro atoms. The van der Waals surface area contributed by atoms with E-state index in [9.17, 15) is 0 Å². The normalized spacial score (nSPS) is 0. The second-order valence-electron chi connectivity index (χ2n) is 0. The quantitative estimate of drug-likeness (QED) is 0.414. The van der Waals surface area contributed by atoms with Crippen LogP contribution in [0.15, 0.2) is 0 Å². The third-order valence-electron chi connectivity index (χ3n) is 0. The average Bonchev–Trinajstić information content (AvgIpc) is 0. The largest absolute Gasteiger partial charge is 0.316 e. The molecule has 23 valence electrons. The number of rotatable bonds is 0. The van der Waals surface area contributed by atoms with Crippen LogP contribution in [0.4, 0.5) is 0 Å². The van der Waals surface area contributed by atoms with Gasteiger partial charge in [0.05, 0.1) is 0 Å². The maximum atomic E-state index is 0. The van der Waals surface area contributed by atoms with E-state index in [0.29, 0.717) is 0 Å². The molecule has 0 fully saturated rings. The molecule has 0 N–H and O–H groups in total. The van der Waals surface area contributed by atoms with Gasteiger partial charge in [0.2, 0.25) is 0 Å². The Hall–Kier alpha value is 4.87. The third kappa shape index (κ3) is 17.7. The van der Waals surface area contributed by atoms with Gasteiger partial charge in [0.25, 0.3) is 0 Å². The summed E-state index contributed by atoms with van der Waals surface area (Å²) in [5.41, 5.74) is 0. The van der Waals surface area contributed by atoms with Crippen LogP contribution in [0, 0.1) is 39.9 Å². The summed E-state index contributed by atoms with van der Waals surface area (Å²) in [6, 6.07) is 0. The molecule has 0 saturated heterocycles. The van der Waals surface area contributed by atoms with Crippen LogP contribution in [0.3, 0.4) is 0 Å². The molecule has 0 aromatic carbocycles. The summed E-state index contributed by atoms with van der Waals surface area (Å²) >= 11 is 0. The zero-order chi connectivity index (χ0) is 0.